The average molecular weight is 491 g/mol. The lowest BCUT2D eigenvalue weighted by atomic mass is 10.2. The summed E-state index contributed by atoms with van der Waals surface area (Å²) in [7, 11) is 2.82. The molecule has 3 aromatic rings. The van der Waals surface area contributed by atoms with Crippen molar-refractivity contribution in [2.45, 2.75) is 11.2 Å². The van der Waals surface area contributed by atoms with Gasteiger partial charge in [0.25, 0.3) is 5.91 Å². The van der Waals surface area contributed by atoms with Gasteiger partial charge in [-0.25, -0.2) is 4.98 Å². The number of nitrogens with zero attached hydrogens (tertiary/aromatic N) is 1. The Kier molecular flexibility index (Phi) is 8.00. The number of thioether (sulfide) groups is 1. The third-order valence-electron chi connectivity index (χ3n) is 4.49. The molecule has 0 saturated carbocycles. The molecule has 0 radical (unpaired) electrons. The van der Waals surface area contributed by atoms with E-state index in [1.54, 1.807) is 30.3 Å². The van der Waals surface area contributed by atoms with Crippen molar-refractivity contribution in [3.8, 4) is 11.5 Å². The minimum atomic E-state index is -4.48. The summed E-state index contributed by atoms with van der Waals surface area (Å²) in [5, 5.41) is 5.68. The summed E-state index contributed by atoms with van der Waals surface area (Å²) in [5.74, 6) is -0.324. The Morgan fingerprint density at radius 1 is 0.941 bits per heavy atom. The molecule has 0 spiro atoms. The fraction of sp³-hybridized carbons (Fsp3) is 0.174. The average Bonchev–Trinajstić information content (AvgIpc) is 2.83. The first kappa shape index (κ1) is 24.9. The van der Waals surface area contributed by atoms with E-state index in [-0.39, 0.29) is 28.2 Å². The molecule has 0 saturated heterocycles. The zero-order chi connectivity index (χ0) is 24.7. The summed E-state index contributed by atoms with van der Waals surface area (Å²) in [6, 6.07) is 13.7. The van der Waals surface area contributed by atoms with Crippen molar-refractivity contribution in [3.05, 3.63) is 71.9 Å². The van der Waals surface area contributed by atoms with Gasteiger partial charge < -0.3 is 20.1 Å². The third kappa shape index (κ3) is 6.41. The Hall–Kier alpha value is -3.73. The predicted molar refractivity (Wildman–Crippen MR) is 123 cm³/mol. The number of nitrogens with one attached hydrogen (secondary N) is 2. The second-order valence-corrected chi connectivity index (χ2v) is 7.79. The van der Waals surface area contributed by atoms with E-state index in [4.69, 9.17) is 9.47 Å². The number of aromatic nitrogens is 1. The molecule has 11 heteroatoms. The molecular formula is C23H20F3N3O4S. The summed E-state index contributed by atoms with van der Waals surface area (Å²) in [6.07, 6.45) is -3.76. The van der Waals surface area contributed by atoms with Crippen LogP contribution in [0, 0.1) is 0 Å². The summed E-state index contributed by atoms with van der Waals surface area (Å²) < 4.78 is 48.6. The van der Waals surface area contributed by atoms with Crippen molar-refractivity contribution in [1.29, 1.82) is 0 Å². The number of rotatable bonds is 8. The molecule has 0 fully saturated rings. The number of hydrogen-bond donors (Lipinski definition) is 2. The van der Waals surface area contributed by atoms with Gasteiger partial charge in [0.2, 0.25) is 5.91 Å². The van der Waals surface area contributed by atoms with Gasteiger partial charge in [-0.05, 0) is 24.3 Å². The molecule has 7 nitrogen and oxygen atoms in total. The Labute approximate surface area is 197 Å². The first-order chi connectivity index (χ1) is 16.2. The minimum Gasteiger partial charge on any atom is -0.494 e. The molecule has 0 bridgehead atoms. The van der Waals surface area contributed by atoms with E-state index in [0.717, 1.165) is 24.0 Å². The first-order valence-electron chi connectivity index (χ1n) is 9.79. The van der Waals surface area contributed by atoms with Crippen molar-refractivity contribution in [2.75, 3.05) is 30.6 Å². The number of halogens is 3. The van der Waals surface area contributed by atoms with Crippen LogP contribution in [0.3, 0.4) is 0 Å². The Balaban J connectivity index is 1.69. The second kappa shape index (κ2) is 10.9. The maximum atomic E-state index is 12.6. The summed E-state index contributed by atoms with van der Waals surface area (Å²) >= 11 is 0.980. The van der Waals surface area contributed by atoms with E-state index in [9.17, 15) is 22.8 Å². The smallest absolute Gasteiger partial charge is 0.417 e. The van der Waals surface area contributed by atoms with Gasteiger partial charge in [-0.3, -0.25) is 9.59 Å². The van der Waals surface area contributed by atoms with Crippen LogP contribution in [-0.4, -0.2) is 36.8 Å². The Morgan fingerprint density at radius 2 is 1.56 bits per heavy atom. The maximum Gasteiger partial charge on any atom is 0.417 e. The van der Waals surface area contributed by atoms with Crippen LogP contribution in [-0.2, 0) is 11.0 Å². The summed E-state index contributed by atoms with van der Waals surface area (Å²) in [5.41, 5.74) is 0.227. The van der Waals surface area contributed by atoms with E-state index < -0.39 is 17.6 Å². The maximum absolute atomic E-state index is 12.6. The fourth-order valence-electron chi connectivity index (χ4n) is 2.84. The molecule has 178 valence electrons. The van der Waals surface area contributed by atoms with Gasteiger partial charge in [-0.1, -0.05) is 30.0 Å². The van der Waals surface area contributed by atoms with Crippen LogP contribution in [0.15, 0.2) is 65.8 Å². The number of pyridine rings is 1. The molecule has 0 atom stereocenters. The number of amides is 2. The molecule has 1 aromatic heterocycles. The van der Waals surface area contributed by atoms with Crippen molar-refractivity contribution in [2.24, 2.45) is 0 Å². The number of hydrogen-bond acceptors (Lipinski definition) is 6. The number of ether oxygens (including phenoxy) is 2. The van der Waals surface area contributed by atoms with E-state index >= 15 is 0 Å². The third-order valence-corrected chi connectivity index (χ3v) is 5.44. The quantitative estimate of drug-likeness (QED) is 0.426. The number of anilines is 2. The molecule has 2 aromatic carbocycles. The molecule has 3 rings (SSSR count). The topological polar surface area (TPSA) is 89.5 Å². The van der Waals surface area contributed by atoms with E-state index in [0.29, 0.717) is 16.9 Å². The van der Waals surface area contributed by atoms with E-state index in [1.165, 1.54) is 32.4 Å². The molecule has 34 heavy (non-hydrogen) atoms. The standard InChI is InChI=1S/C23H20F3N3O4S/c1-32-18-11-17(29-22(31)14-6-4-3-5-7-14)19(33-2)10-16(18)28-20(30)13-34-21-9-8-15(12-27-21)23(24,25)26/h3-12H,13H2,1-2H3,(H,28,30)(H,29,31). The molecule has 2 amide bonds. The Morgan fingerprint density at radius 3 is 2.09 bits per heavy atom. The lowest BCUT2D eigenvalue weighted by Crippen LogP contribution is -2.16. The normalized spacial score (nSPS) is 11.0. The molecule has 0 aliphatic rings. The SMILES string of the molecule is COc1cc(NC(=O)c2ccccc2)c(OC)cc1NC(=O)CSc1ccc(C(F)(F)F)cn1. The molecular weight excluding hydrogens is 471 g/mol. The van der Waals surface area contributed by atoms with Crippen LogP contribution in [0.5, 0.6) is 11.5 Å². The number of alkyl halides is 3. The molecule has 0 unspecified atom stereocenters. The monoisotopic (exact) mass is 491 g/mol. The second-order valence-electron chi connectivity index (χ2n) is 6.79. The van der Waals surface area contributed by atoms with Crippen molar-refractivity contribution in [1.82, 2.24) is 4.98 Å². The zero-order valence-corrected chi connectivity index (χ0v) is 18.9. The van der Waals surface area contributed by atoms with Gasteiger partial charge in [-0.15, -0.1) is 0 Å². The van der Waals surface area contributed by atoms with Gasteiger partial charge in [0, 0.05) is 23.9 Å². The van der Waals surface area contributed by atoms with Crippen LogP contribution in [0.4, 0.5) is 24.5 Å². The predicted octanol–water partition coefficient (Wildman–Crippen LogP) is 5.10. The summed E-state index contributed by atoms with van der Waals surface area (Å²) in [6.45, 7) is 0. The van der Waals surface area contributed by atoms with Gasteiger partial charge >= 0.3 is 6.18 Å². The Bertz CT molecular complexity index is 1160. The molecule has 0 aliphatic carbocycles. The highest BCUT2D eigenvalue weighted by Gasteiger charge is 2.30. The highest BCUT2D eigenvalue weighted by atomic mass is 32.2. The fourth-order valence-corrected chi connectivity index (χ4v) is 3.48. The van der Waals surface area contributed by atoms with Gasteiger partial charge in [0.1, 0.15) is 11.5 Å². The van der Waals surface area contributed by atoms with Crippen LogP contribution in [0.1, 0.15) is 15.9 Å². The first-order valence-corrected chi connectivity index (χ1v) is 10.8. The van der Waals surface area contributed by atoms with Crippen LogP contribution < -0.4 is 20.1 Å². The van der Waals surface area contributed by atoms with Gasteiger partial charge in [-0.2, -0.15) is 13.2 Å². The van der Waals surface area contributed by atoms with Gasteiger partial charge in [0.05, 0.1) is 41.9 Å². The van der Waals surface area contributed by atoms with Crippen LogP contribution >= 0.6 is 11.8 Å². The van der Waals surface area contributed by atoms with E-state index in [1.807, 2.05) is 0 Å². The number of carbonyl (C=O) groups is 2. The van der Waals surface area contributed by atoms with Crippen LogP contribution in [0.2, 0.25) is 0 Å². The lowest BCUT2D eigenvalue weighted by molar-refractivity contribution is -0.137. The minimum absolute atomic E-state index is 0.101. The van der Waals surface area contributed by atoms with Crippen molar-refractivity contribution < 1.29 is 32.2 Å². The molecule has 0 aliphatic heterocycles. The molecule has 2 N–H and O–H groups in total. The highest BCUT2D eigenvalue weighted by Crippen LogP contribution is 2.37. The van der Waals surface area contributed by atoms with E-state index in [2.05, 4.69) is 15.6 Å². The number of carbonyl (C=O) groups excluding carboxylic acids is 2. The molecule has 1 heterocycles. The van der Waals surface area contributed by atoms with Crippen LogP contribution in [0.25, 0.3) is 0 Å². The summed E-state index contributed by atoms with van der Waals surface area (Å²) in [4.78, 5) is 28.6. The zero-order valence-electron chi connectivity index (χ0n) is 18.1. The van der Waals surface area contributed by atoms with Crippen molar-refractivity contribution >= 4 is 35.0 Å². The highest BCUT2D eigenvalue weighted by molar-refractivity contribution is 7.99. The largest absolute Gasteiger partial charge is 0.494 e. The van der Waals surface area contributed by atoms with Gasteiger partial charge in [0.15, 0.2) is 0 Å². The lowest BCUT2D eigenvalue weighted by Gasteiger charge is -2.16. The van der Waals surface area contributed by atoms with Crippen molar-refractivity contribution in [3.63, 3.8) is 0 Å². The number of methoxy groups -OCH3 is 2. The number of benzene rings is 2.